The van der Waals surface area contributed by atoms with E-state index in [9.17, 15) is 8.42 Å². The van der Waals surface area contributed by atoms with Gasteiger partial charge in [0.25, 0.3) is 0 Å². The molecule has 2 N–H and O–H groups in total. The third-order valence-corrected chi connectivity index (χ3v) is 4.51. The van der Waals surface area contributed by atoms with Crippen molar-refractivity contribution in [2.45, 2.75) is 32.1 Å². The Labute approximate surface area is 103 Å². The lowest BCUT2D eigenvalue weighted by atomic mass is 10.2. The highest BCUT2D eigenvalue weighted by molar-refractivity contribution is 7.94. The Morgan fingerprint density at radius 2 is 1.65 bits per heavy atom. The average molecular weight is 256 g/mol. The van der Waals surface area contributed by atoms with Gasteiger partial charge in [0.05, 0.1) is 4.75 Å². The number of nitrogens with one attached hydrogen (secondary N) is 2. The fourth-order valence-electron chi connectivity index (χ4n) is 1.20. The molecule has 0 heterocycles. The highest BCUT2D eigenvalue weighted by atomic mass is 32.2. The molecule has 0 amide bonds. The monoisotopic (exact) mass is 256 g/mol. The zero-order valence-electron chi connectivity index (χ0n) is 10.7. The van der Waals surface area contributed by atoms with Crippen molar-refractivity contribution in [3.05, 3.63) is 29.8 Å². The van der Waals surface area contributed by atoms with Crippen LogP contribution in [0.25, 0.3) is 0 Å². The molecule has 0 saturated heterocycles. The first-order chi connectivity index (χ1) is 7.76. The molecule has 0 radical (unpaired) electrons. The number of benzene rings is 1. The summed E-state index contributed by atoms with van der Waals surface area (Å²) in [4.78, 5) is 0. The van der Waals surface area contributed by atoms with Crippen LogP contribution in [0.2, 0.25) is 0 Å². The molecule has 96 valence electrons. The van der Waals surface area contributed by atoms with E-state index in [4.69, 9.17) is 0 Å². The van der Waals surface area contributed by atoms with E-state index in [1.54, 1.807) is 32.9 Å². The number of rotatable bonds is 4. The third-order valence-electron chi connectivity index (χ3n) is 2.39. The minimum Gasteiger partial charge on any atom is -0.316 e. The van der Waals surface area contributed by atoms with Gasteiger partial charge in [0.15, 0.2) is 0 Å². The van der Waals surface area contributed by atoms with Crippen molar-refractivity contribution in [2.75, 3.05) is 11.8 Å². The highest BCUT2D eigenvalue weighted by Gasteiger charge is 2.28. The Balaban J connectivity index is 2.83. The van der Waals surface area contributed by atoms with Gasteiger partial charge in [-0.2, -0.15) is 0 Å². The minimum atomic E-state index is -3.34. The molecule has 0 atom stereocenters. The van der Waals surface area contributed by atoms with Crippen LogP contribution in [0.1, 0.15) is 26.3 Å². The highest BCUT2D eigenvalue weighted by Crippen LogP contribution is 2.19. The van der Waals surface area contributed by atoms with Gasteiger partial charge in [-0.25, -0.2) is 8.42 Å². The second-order valence-corrected chi connectivity index (χ2v) is 7.38. The van der Waals surface area contributed by atoms with Crippen LogP contribution in [0.5, 0.6) is 0 Å². The molecule has 1 aromatic carbocycles. The minimum absolute atomic E-state index is 0.597. The van der Waals surface area contributed by atoms with Crippen molar-refractivity contribution in [1.82, 2.24) is 5.32 Å². The molecular weight excluding hydrogens is 236 g/mol. The summed E-state index contributed by atoms with van der Waals surface area (Å²) >= 11 is 0. The molecule has 0 aliphatic carbocycles. The first-order valence-electron chi connectivity index (χ1n) is 5.52. The average Bonchev–Trinajstić information content (AvgIpc) is 2.19. The van der Waals surface area contributed by atoms with Gasteiger partial charge in [-0.15, -0.1) is 0 Å². The lowest BCUT2D eigenvalue weighted by Crippen LogP contribution is -2.33. The molecule has 0 aliphatic rings. The second kappa shape index (κ2) is 5.06. The predicted molar refractivity (Wildman–Crippen MR) is 71.5 cm³/mol. The lowest BCUT2D eigenvalue weighted by molar-refractivity contribution is 0.566. The second-order valence-electron chi connectivity index (χ2n) is 4.95. The molecule has 0 bridgehead atoms. The van der Waals surface area contributed by atoms with Crippen molar-refractivity contribution in [2.24, 2.45) is 0 Å². The molecule has 0 unspecified atom stereocenters. The van der Waals surface area contributed by atoms with Gasteiger partial charge in [-0.3, -0.25) is 4.72 Å². The van der Waals surface area contributed by atoms with Gasteiger partial charge in [0.2, 0.25) is 10.0 Å². The van der Waals surface area contributed by atoms with E-state index in [0.717, 1.165) is 12.1 Å². The summed E-state index contributed by atoms with van der Waals surface area (Å²) in [6.07, 6.45) is 0. The predicted octanol–water partition coefficient (Wildman–Crippen LogP) is 1.95. The molecule has 17 heavy (non-hydrogen) atoms. The Kier molecular flexibility index (Phi) is 4.16. The van der Waals surface area contributed by atoms with E-state index in [1.165, 1.54) is 0 Å². The van der Waals surface area contributed by atoms with Crippen LogP contribution in [-0.2, 0) is 16.6 Å². The van der Waals surface area contributed by atoms with Crippen LogP contribution in [0.3, 0.4) is 0 Å². The van der Waals surface area contributed by atoms with Crippen molar-refractivity contribution < 1.29 is 8.42 Å². The maximum absolute atomic E-state index is 11.9. The van der Waals surface area contributed by atoms with Gasteiger partial charge in [0, 0.05) is 12.2 Å². The van der Waals surface area contributed by atoms with Gasteiger partial charge < -0.3 is 5.32 Å². The van der Waals surface area contributed by atoms with E-state index >= 15 is 0 Å². The van der Waals surface area contributed by atoms with Crippen LogP contribution in [-0.4, -0.2) is 20.2 Å². The molecule has 0 saturated carbocycles. The summed E-state index contributed by atoms with van der Waals surface area (Å²) in [5.41, 5.74) is 1.71. The zero-order valence-corrected chi connectivity index (χ0v) is 11.6. The standard InChI is InChI=1S/C12H20N2O2S/c1-12(2,3)17(15,16)14-11-7-5-10(6-8-11)9-13-4/h5-8,13-14H,9H2,1-4H3. The number of hydrogen-bond acceptors (Lipinski definition) is 3. The van der Waals surface area contributed by atoms with Gasteiger partial charge in [-0.05, 0) is 45.5 Å². The van der Waals surface area contributed by atoms with Crippen molar-refractivity contribution in [3.63, 3.8) is 0 Å². The third kappa shape index (κ3) is 3.71. The maximum Gasteiger partial charge on any atom is 0.237 e. The van der Waals surface area contributed by atoms with E-state index in [2.05, 4.69) is 10.0 Å². The SMILES string of the molecule is CNCc1ccc(NS(=O)(=O)C(C)(C)C)cc1. The van der Waals surface area contributed by atoms with Crippen molar-refractivity contribution in [3.8, 4) is 0 Å². The molecule has 1 aromatic rings. The van der Waals surface area contributed by atoms with Gasteiger partial charge >= 0.3 is 0 Å². The zero-order chi connectivity index (χ0) is 13.1. The normalized spacial score (nSPS) is 12.5. The molecular formula is C12H20N2O2S. The summed E-state index contributed by atoms with van der Waals surface area (Å²) in [5.74, 6) is 0. The lowest BCUT2D eigenvalue weighted by Gasteiger charge is -2.20. The molecule has 0 spiro atoms. The number of anilines is 1. The molecule has 0 aromatic heterocycles. The van der Waals surface area contributed by atoms with Crippen LogP contribution < -0.4 is 10.0 Å². The first kappa shape index (κ1) is 14.0. The molecule has 4 nitrogen and oxygen atoms in total. The first-order valence-corrected chi connectivity index (χ1v) is 7.00. The molecule has 1 rings (SSSR count). The Hall–Kier alpha value is -1.07. The molecule has 0 fully saturated rings. The Morgan fingerprint density at radius 3 is 2.06 bits per heavy atom. The van der Waals surface area contributed by atoms with Crippen molar-refractivity contribution in [1.29, 1.82) is 0 Å². The Bertz CT molecular complexity index is 458. The van der Waals surface area contributed by atoms with E-state index in [1.807, 2.05) is 19.2 Å². The molecule has 0 aliphatic heterocycles. The number of sulfonamides is 1. The summed E-state index contributed by atoms with van der Waals surface area (Å²) in [5, 5.41) is 3.04. The molecule has 5 heteroatoms. The maximum atomic E-state index is 11.9. The van der Waals surface area contributed by atoms with Gasteiger partial charge in [-0.1, -0.05) is 12.1 Å². The quantitative estimate of drug-likeness (QED) is 0.865. The smallest absolute Gasteiger partial charge is 0.237 e. The van der Waals surface area contributed by atoms with E-state index in [-0.39, 0.29) is 0 Å². The fraction of sp³-hybridized carbons (Fsp3) is 0.500. The van der Waals surface area contributed by atoms with Crippen LogP contribution in [0.15, 0.2) is 24.3 Å². The Morgan fingerprint density at radius 1 is 1.12 bits per heavy atom. The van der Waals surface area contributed by atoms with Crippen LogP contribution >= 0.6 is 0 Å². The fourth-order valence-corrected chi connectivity index (χ4v) is 1.96. The summed E-state index contributed by atoms with van der Waals surface area (Å²) in [6.45, 7) is 5.78. The number of hydrogen-bond donors (Lipinski definition) is 2. The van der Waals surface area contributed by atoms with Gasteiger partial charge in [0.1, 0.15) is 0 Å². The summed E-state index contributed by atoms with van der Waals surface area (Å²) in [7, 11) is -1.47. The van der Waals surface area contributed by atoms with E-state index < -0.39 is 14.8 Å². The van der Waals surface area contributed by atoms with Crippen LogP contribution in [0, 0.1) is 0 Å². The summed E-state index contributed by atoms with van der Waals surface area (Å²) in [6, 6.07) is 7.35. The topological polar surface area (TPSA) is 58.2 Å². The van der Waals surface area contributed by atoms with Crippen molar-refractivity contribution >= 4 is 15.7 Å². The van der Waals surface area contributed by atoms with Crippen LogP contribution in [0.4, 0.5) is 5.69 Å². The summed E-state index contributed by atoms with van der Waals surface area (Å²) < 4.78 is 25.6. The largest absolute Gasteiger partial charge is 0.316 e. The van der Waals surface area contributed by atoms with E-state index in [0.29, 0.717) is 5.69 Å².